The van der Waals surface area contributed by atoms with Crippen LogP contribution in [0.5, 0.6) is 0 Å². The second-order valence-corrected chi connectivity index (χ2v) is 4.99. The first-order chi connectivity index (χ1) is 10.3. The van der Waals surface area contributed by atoms with Gasteiger partial charge in [0.05, 0.1) is 18.8 Å². The number of benzene rings is 1. The molecule has 2 heterocycles. The smallest absolute Gasteiger partial charge is 0.136 e. The first-order valence-corrected chi connectivity index (χ1v) is 6.88. The van der Waals surface area contributed by atoms with Crippen molar-refractivity contribution in [2.75, 3.05) is 11.9 Å². The van der Waals surface area contributed by atoms with E-state index in [1.807, 2.05) is 49.5 Å². The van der Waals surface area contributed by atoms with Crippen LogP contribution in [0.25, 0.3) is 10.8 Å². The fraction of sp³-hybridized carbons (Fsp3) is 0.176. The third kappa shape index (κ3) is 2.71. The Balaban J connectivity index is 2.00. The lowest BCUT2D eigenvalue weighted by molar-refractivity contribution is 0.283. The zero-order valence-electron chi connectivity index (χ0n) is 11.9. The zero-order chi connectivity index (χ0) is 14.7. The fourth-order valence-electron chi connectivity index (χ4n) is 2.48. The average molecular weight is 279 g/mol. The number of nitrogens with zero attached hydrogens (tertiary/aromatic N) is 3. The second-order valence-electron chi connectivity index (χ2n) is 4.99. The van der Waals surface area contributed by atoms with Crippen molar-refractivity contribution in [2.45, 2.75) is 13.2 Å². The Morgan fingerprint density at radius 3 is 2.48 bits per heavy atom. The number of aliphatic hydroxyl groups excluding tert-OH is 1. The van der Waals surface area contributed by atoms with Gasteiger partial charge in [0, 0.05) is 30.4 Å². The molecule has 0 aliphatic carbocycles. The summed E-state index contributed by atoms with van der Waals surface area (Å²) >= 11 is 0. The highest BCUT2D eigenvalue weighted by Gasteiger charge is 2.11. The van der Waals surface area contributed by atoms with E-state index in [1.165, 1.54) is 0 Å². The van der Waals surface area contributed by atoms with Crippen LogP contribution in [0.2, 0.25) is 0 Å². The minimum Gasteiger partial charge on any atom is -0.392 e. The highest BCUT2D eigenvalue weighted by molar-refractivity contribution is 5.94. The van der Waals surface area contributed by atoms with Gasteiger partial charge in [0.2, 0.25) is 0 Å². The molecule has 0 aliphatic rings. The van der Waals surface area contributed by atoms with Crippen LogP contribution in [0.3, 0.4) is 0 Å². The maximum Gasteiger partial charge on any atom is 0.136 e. The summed E-state index contributed by atoms with van der Waals surface area (Å²) < 4.78 is 0. The van der Waals surface area contributed by atoms with E-state index in [0.717, 1.165) is 27.8 Å². The molecule has 0 amide bonds. The van der Waals surface area contributed by atoms with Crippen molar-refractivity contribution in [3.05, 3.63) is 66.1 Å². The normalized spacial score (nSPS) is 10.8. The van der Waals surface area contributed by atoms with E-state index in [0.29, 0.717) is 6.54 Å². The fourth-order valence-corrected chi connectivity index (χ4v) is 2.48. The van der Waals surface area contributed by atoms with Crippen LogP contribution in [-0.2, 0) is 13.2 Å². The lowest BCUT2D eigenvalue weighted by atomic mass is 10.1. The first kappa shape index (κ1) is 13.5. The second kappa shape index (κ2) is 5.89. The Bertz CT molecular complexity index is 743. The number of rotatable bonds is 4. The topological polar surface area (TPSA) is 49.2 Å². The molecule has 1 N–H and O–H groups in total. The van der Waals surface area contributed by atoms with Gasteiger partial charge in [0.15, 0.2) is 0 Å². The molecule has 3 aromatic rings. The number of anilines is 1. The lowest BCUT2D eigenvalue weighted by Gasteiger charge is -2.20. The van der Waals surface area contributed by atoms with Crippen LogP contribution < -0.4 is 4.90 Å². The standard InChI is InChI=1S/C17H17N3O/c1-20(11-14-6-4-5-9-18-14)17-16-8-3-2-7-15(16)13(12-21)10-19-17/h2-10,21H,11-12H2,1H3. The molecule has 0 saturated carbocycles. The van der Waals surface area contributed by atoms with Gasteiger partial charge in [-0.05, 0) is 17.5 Å². The van der Waals surface area contributed by atoms with E-state index in [1.54, 1.807) is 12.4 Å². The van der Waals surface area contributed by atoms with E-state index in [4.69, 9.17) is 0 Å². The summed E-state index contributed by atoms with van der Waals surface area (Å²) in [5.41, 5.74) is 1.85. The predicted octanol–water partition coefficient (Wildman–Crippen LogP) is 2.76. The summed E-state index contributed by atoms with van der Waals surface area (Å²) in [6.45, 7) is 0.689. The van der Waals surface area contributed by atoms with E-state index in [-0.39, 0.29) is 6.61 Å². The number of hydrogen-bond donors (Lipinski definition) is 1. The summed E-state index contributed by atoms with van der Waals surface area (Å²) in [5, 5.41) is 11.5. The molecular formula is C17H17N3O. The van der Waals surface area contributed by atoms with Crippen LogP contribution in [0.15, 0.2) is 54.9 Å². The summed E-state index contributed by atoms with van der Waals surface area (Å²) in [5.74, 6) is 0.897. The minimum absolute atomic E-state index is 0.00223. The van der Waals surface area contributed by atoms with Crippen molar-refractivity contribution in [3.8, 4) is 0 Å². The van der Waals surface area contributed by atoms with Crippen LogP contribution in [0, 0.1) is 0 Å². The molecule has 0 saturated heterocycles. The number of aromatic nitrogens is 2. The van der Waals surface area contributed by atoms with Gasteiger partial charge in [-0.2, -0.15) is 0 Å². The van der Waals surface area contributed by atoms with Gasteiger partial charge in [-0.3, -0.25) is 4.98 Å². The van der Waals surface area contributed by atoms with E-state index < -0.39 is 0 Å². The highest BCUT2D eigenvalue weighted by atomic mass is 16.3. The Morgan fingerprint density at radius 1 is 1.00 bits per heavy atom. The number of pyridine rings is 2. The largest absolute Gasteiger partial charge is 0.392 e. The molecule has 106 valence electrons. The SMILES string of the molecule is CN(Cc1ccccn1)c1ncc(CO)c2ccccc12. The molecule has 0 atom stereocenters. The molecule has 0 aliphatic heterocycles. The third-order valence-corrected chi connectivity index (χ3v) is 3.51. The van der Waals surface area contributed by atoms with Gasteiger partial charge >= 0.3 is 0 Å². The summed E-state index contributed by atoms with van der Waals surface area (Å²) in [6.07, 6.45) is 3.54. The Kier molecular flexibility index (Phi) is 3.79. The molecular weight excluding hydrogens is 262 g/mol. The molecule has 1 aromatic carbocycles. The van der Waals surface area contributed by atoms with Gasteiger partial charge < -0.3 is 10.0 Å². The molecule has 4 nitrogen and oxygen atoms in total. The van der Waals surface area contributed by atoms with Crippen LogP contribution >= 0.6 is 0 Å². The van der Waals surface area contributed by atoms with Crippen molar-refractivity contribution in [1.82, 2.24) is 9.97 Å². The molecule has 0 radical (unpaired) electrons. The van der Waals surface area contributed by atoms with Crippen LogP contribution in [-0.4, -0.2) is 22.1 Å². The van der Waals surface area contributed by atoms with Crippen molar-refractivity contribution in [2.24, 2.45) is 0 Å². The monoisotopic (exact) mass is 279 g/mol. The zero-order valence-corrected chi connectivity index (χ0v) is 11.9. The maximum absolute atomic E-state index is 9.44. The van der Waals surface area contributed by atoms with Crippen molar-refractivity contribution in [3.63, 3.8) is 0 Å². The van der Waals surface area contributed by atoms with Gasteiger partial charge in [-0.25, -0.2) is 4.98 Å². The van der Waals surface area contributed by atoms with E-state index in [2.05, 4.69) is 14.9 Å². The van der Waals surface area contributed by atoms with Crippen molar-refractivity contribution in [1.29, 1.82) is 0 Å². The summed E-state index contributed by atoms with van der Waals surface area (Å²) in [4.78, 5) is 10.9. The van der Waals surface area contributed by atoms with Gasteiger partial charge in [0.25, 0.3) is 0 Å². The maximum atomic E-state index is 9.44. The van der Waals surface area contributed by atoms with Crippen molar-refractivity contribution >= 4 is 16.6 Å². The molecule has 0 bridgehead atoms. The summed E-state index contributed by atoms with van der Waals surface area (Å²) in [6, 6.07) is 13.9. The number of hydrogen-bond acceptors (Lipinski definition) is 4. The van der Waals surface area contributed by atoms with Gasteiger partial charge in [0.1, 0.15) is 5.82 Å². The molecule has 3 rings (SSSR count). The lowest BCUT2D eigenvalue weighted by Crippen LogP contribution is -2.19. The quantitative estimate of drug-likeness (QED) is 0.798. The molecule has 0 unspecified atom stereocenters. The first-order valence-electron chi connectivity index (χ1n) is 6.88. The number of fused-ring (bicyclic) bond motifs is 1. The Labute approximate surface area is 123 Å². The van der Waals surface area contributed by atoms with Crippen LogP contribution in [0.1, 0.15) is 11.3 Å². The van der Waals surface area contributed by atoms with Crippen LogP contribution in [0.4, 0.5) is 5.82 Å². The number of aliphatic hydroxyl groups is 1. The van der Waals surface area contributed by atoms with Gasteiger partial charge in [-0.15, -0.1) is 0 Å². The third-order valence-electron chi connectivity index (χ3n) is 3.51. The molecule has 2 aromatic heterocycles. The Hall–Kier alpha value is -2.46. The molecule has 21 heavy (non-hydrogen) atoms. The highest BCUT2D eigenvalue weighted by Crippen LogP contribution is 2.27. The van der Waals surface area contributed by atoms with Crippen molar-refractivity contribution < 1.29 is 5.11 Å². The molecule has 0 spiro atoms. The van der Waals surface area contributed by atoms with Gasteiger partial charge in [-0.1, -0.05) is 30.3 Å². The minimum atomic E-state index is -0.00223. The molecule has 0 fully saturated rings. The molecule has 4 heteroatoms. The summed E-state index contributed by atoms with van der Waals surface area (Å²) in [7, 11) is 2.00. The van der Waals surface area contributed by atoms with E-state index in [9.17, 15) is 5.11 Å². The average Bonchev–Trinajstić information content (AvgIpc) is 2.54. The predicted molar refractivity (Wildman–Crippen MR) is 84.0 cm³/mol. The Morgan fingerprint density at radius 2 is 1.76 bits per heavy atom. The van der Waals surface area contributed by atoms with E-state index >= 15 is 0 Å².